The molecule has 3 rings (SSSR count). The number of hydrogen-bond donors (Lipinski definition) is 1. The largest absolute Gasteiger partial charge is 0.363 e. The van der Waals surface area contributed by atoms with Crippen molar-refractivity contribution in [3.05, 3.63) is 70.2 Å². The molecule has 2 aromatic heterocycles. The van der Waals surface area contributed by atoms with Crippen LogP contribution in [-0.2, 0) is 0 Å². The Morgan fingerprint density at radius 2 is 1.97 bits per heavy atom. The Hall–Kier alpha value is -3.23. The lowest BCUT2D eigenvalue weighted by molar-refractivity contribution is 0.146. The van der Waals surface area contributed by atoms with Crippen molar-refractivity contribution in [1.82, 2.24) is 14.5 Å². The Morgan fingerprint density at radius 3 is 2.63 bits per heavy atom. The maximum absolute atomic E-state index is 14.5. The number of rotatable bonds is 7. The van der Waals surface area contributed by atoms with E-state index in [0.29, 0.717) is 16.7 Å². The third-order valence-electron chi connectivity index (χ3n) is 4.68. The van der Waals surface area contributed by atoms with E-state index < -0.39 is 36.1 Å². The minimum Gasteiger partial charge on any atom is -0.363 e. The van der Waals surface area contributed by atoms with Gasteiger partial charge in [-0.1, -0.05) is 24.8 Å². The summed E-state index contributed by atoms with van der Waals surface area (Å²) in [5.74, 6) is -0.344. The Kier molecular flexibility index (Phi) is 6.19. The number of nitrogens with zero attached hydrogens (tertiary/aromatic N) is 3. The first-order valence-electron chi connectivity index (χ1n) is 9.21. The van der Waals surface area contributed by atoms with Crippen molar-refractivity contribution in [3.63, 3.8) is 0 Å². The second-order valence-corrected chi connectivity index (χ2v) is 6.82. The van der Waals surface area contributed by atoms with E-state index in [2.05, 4.69) is 21.9 Å². The van der Waals surface area contributed by atoms with Gasteiger partial charge in [0.05, 0.1) is 29.2 Å². The molecule has 0 aliphatic rings. The lowest BCUT2D eigenvalue weighted by Crippen LogP contribution is -2.19. The molecule has 0 radical (unpaired) electrons. The molecule has 0 spiro atoms. The highest BCUT2D eigenvalue weighted by atomic mass is 19.3. The second-order valence-electron chi connectivity index (χ2n) is 6.82. The number of nitrogens with one attached hydrogen (secondary N) is 1. The van der Waals surface area contributed by atoms with Crippen molar-refractivity contribution < 1.29 is 17.6 Å². The number of alkyl halides is 3. The summed E-state index contributed by atoms with van der Waals surface area (Å²) in [6.45, 7) is 6.28. The predicted molar refractivity (Wildman–Crippen MR) is 108 cm³/mol. The van der Waals surface area contributed by atoms with Gasteiger partial charge >= 0.3 is 0 Å². The number of halogens is 4. The van der Waals surface area contributed by atoms with E-state index in [1.807, 2.05) is 0 Å². The molecule has 0 saturated carbocycles. The number of benzene rings is 1. The SMILES string of the molecule is C=C(CCF)n1cc2c(N[C@H](C)c3cccc(C(F)F)c3F)nc(C)nc2cc1=O. The van der Waals surface area contributed by atoms with E-state index in [9.17, 15) is 22.4 Å². The zero-order valence-corrected chi connectivity index (χ0v) is 16.4. The summed E-state index contributed by atoms with van der Waals surface area (Å²) in [5.41, 5.74) is -0.449. The highest BCUT2D eigenvalue weighted by molar-refractivity contribution is 5.89. The summed E-state index contributed by atoms with van der Waals surface area (Å²) < 4.78 is 54.5. The van der Waals surface area contributed by atoms with Crippen LogP contribution in [0.2, 0.25) is 0 Å². The van der Waals surface area contributed by atoms with Gasteiger partial charge in [-0.05, 0) is 13.8 Å². The Balaban J connectivity index is 2.07. The van der Waals surface area contributed by atoms with E-state index in [-0.39, 0.29) is 23.5 Å². The summed E-state index contributed by atoms with van der Waals surface area (Å²) in [4.78, 5) is 20.9. The molecule has 9 heteroatoms. The van der Waals surface area contributed by atoms with Gasteiger partial charge < -0.3 is 5.32 Å². The monoisotopic (exact) mass is 420 g/mol. The average molecular weight is 420 g/mol. The first kappa shape index (κ1) is 21.5. The highest BCUT2D eigenvalue weighted by Gasteiger charge is 2.20. The van der Waals surface area contributed by atoms with Gasteiger partial charge in [0, 0.05) is 29.9 Å². The zero-order valence-electron chi connectivity index (χ0n) is 16.4. The number of hydrogen-bond acceptors (Lipinski definition) is 4. The maximum Gasteiger partial charge on any atom is 0.266 e. The molecule has 5 nitrogen and oxygen atoms in total. The van der Waals surface area contributed by atoms with Gasteiger partial charge in [0.2, 0.25) is 0 Å². The fraction of sp³-hybridized carbons (Fsp3) is 0.286. The maximum atomic E-state index is 14.5. The average Bonchev–Trinajstić information content (AvgIpc) is 2.67. The number of pyridine rings is 1. The molecule has 0 aliphatic carbocycles. The fourth-order valence-electron chi connectivity index (χ4n) is 3.16. The topological polar surface area (TPSA) is 59.8 Å². The number of aryl methyl sites for hydroxylation is 1. The smallest absolute Gasteiger partial charge is 0.266 e. The fourth-order valence-corrected chi connectivity index (χ4v) is 3.16. The van der Waals surface area contributed by atoms with Gasteiger partial charge in [-0.15, -0.1) is 0 Å². The van der Waals surface area contributed by atoms with E-state index >= 15 is 0 Å². The summed E-state index contributed by atoms with van der Waals surface area (Å²) in [7, 11) is 0. The Labute approximate surface area is 170 Å². The molecular weight excluding hydrogens is 400 g/mol. The van der Waals surface area contributed by atoms with Crippen molar-refractivity contribution in [2.75, 3.05) is 12.0 Å². The third kappa shape index (κ3) is 4.19. The molecule has 0 bridgehead atoms. The van der Waals surface area contributed by atoms with Crippen molar-refractivity contribution in [2.45, 2.75) is 32.7 Å². The third-order valence-corrected chi connectivity index (χ3v) is 4.68. The number of anilines is 1. The second kappa shape index (κ2) is 8.64. The molecule has 1 atom stereocenters. The zero-order chi connectivity index (χ0) is 22.0. The van der Waals surface area contributed by atoms with E-state index in [1.54, 1.807) is 13.8 Å². The molecule has 1 aromatic carbocycles. The molecule has 158 valence electrons. The van der Waals surface area contributed by atoms with E-state index in [4.69, 9.17) is 0 Å². The number of aromatic nitrogens is 3. The molecule has 0 amide bonds. The lowest BCUT2D eigenvalue weighted by atomic mass is 10.0. The Bertz CT molecular complexity index is 1160. The van der Waals surface area contributed by atoms with E-state index in [0.717, 1.165) is 6.07 Å². The van der Waals surface area contributed by atoms with Crippen LogP contribution >= 0.6 is 0 Å². The highest BCUT2D eigenvalue weighted by Crippen LogP contribution is 2.30. The van der Waals surface area contributed by atoms with Crippen molar-refractivity contribution in [3.8, 4) is 0 Å². The summed E-state index contributed by atoms with van der Waals surface area (Å²) in [5, 5.41) is 3.44. The molecule has 1 N–H and O–H groups in total. The van der Waals surface area contributed by atoms with Crippen LogP contribution in [0.4, 0.5) is 23.4 Å². The number of allylic oxidation sites excluding steroid dienone is 1. The van der Waals surface area contributed by atoms with Crippen LogP contribution in [0, 0.1) is 12.7 Å². The number of fused-ring (bicyclic) bond motifs is 1. The summed E-state index contributed by atoms with van der Waals surface area (Å²) in [6, 6.07) is 4.38. The van der Waals surface area contributed by atoms with Gasteiger partial charge in [0.15, 0.2) is 0 Å². The minimum absolute atomic E-state index is 0.0249. The molecule has 3 aromatic rings. The van der Waals surface area contributed by atoms with Gasteiger partial charge in [-0.25, -0.2) is 23.1 Å². The molecule has 0 aliphatic heterocycles. The van der Waals surface area contributed by atoms with Crippen molar-refractivity contribution in [2.24, 2.45) is 0 Å². The molecule has 0 unspecified atom stereocenters. The molecule has 0 saturated heterocycles. The van der Waals surface area contributed by atoms with Crippen LogP contribution in [0.5, 0.6) is 0 Å². The quantitative estimate of drug-likeness (QED) is 0.535. The predicted octanol–water partition coefficient (Wildman–Crippen LogP) is 5.18. The standard InChI is InChI=1S/C21H20F4N4O/c1-11(7-8-22)29-10-16-17(9-18(29)30)27-13(3)28-21(16)26-12(2)14-5-4-6-15(19(14)23)20(24)25/h4-6,9-10,12,20H,1,7-8H2,2-3H3,(H,26,27,28)/t12-/m1/s1. The van der Waals surface area contributed by atoms with Crippen LogP contribution < -0.4 is 10.9 Å². The van der Waals surface area contributed by atoms with Crippen molar-refractivity contribution in [1.29, 1.82) is 0 Å². The van der Waals surface area contributed by atoms with Gasteiger partial charge in [0.25, 0.3) is 12.0 Å². The van der Waals surface area contributed by atoms with Crippen LogP contribution in [-0.4, -0.2) is 21.2 Å². The molecule has 2 heterocycles. The van der Waals surface area contributed by atoms with Crippen LogP contribution in [0.3, 0.4) is 0 Å². The van der Waals surface area contributed by atoms with Gasteiger partial charge in [-0.2, -0.15) is 0 Å². The lowest BCUT2D eigenvalue weighted by Gasteiger charge is -2.19. The molecule has 30 heavy (non-hydrogen) atoms. The Morgan fingerprint density at radius 1 is 1.27 bits per heavy atom. The van der Waals surface area contributed by atoms with Gasteiger partial charge in [-0.3, -0.25) is 13.8 Å². The molecule has 0 fully saturated rings. The summed E-state index contributed by atoms with van der Waals surface area (Å²) in [6.07, 6.45) is -1.52. The van der Waals surface area contributed by atoms with Crippen molar-refractivity contribution >= 4 is 22.4 Å². The normalized spacial score (nSPS) is 12.4. The van der Waals surface area contributed by atoms with Crippen LogP contribution in [0.15, 0.2) is 41.8 Å². The first-order chi connectivity index (χ1) is 14.2. The van der Waals surface area contributed by atoms with Crippen LogP contribution in [0.25, 0.3) is 16.6 Å². The first-order valence-corrected chi connectivity index (χ1v) is 9.21. The molecular formula is C21H20F4N4O. The van der Waals surface area contributed by atoms with Gasteiger partial charge in [0.1, 0.15) is 17.5 Å². The van der Waals surface area contributed by atoms with Crippen LogP contribution in [0.1, 0.15) is 42.8 Å². The van der Waals surface area contributed by atoms with E-state index in [1.165, 1.54) is 29.0 Å². The minimum atomic E-state index is -2.93. The summed E-state index contributed by atoms with van der Waals surface area (Å²) >= 11 is 0.